The van der Waals surface area contributed by atoms with E-state index in [0.29, 0.717) is 54.0 Å². The zero-order chi connectivity index (χ0) is 24.1. The van der Waals surface area contributed by atoms with Crippen LogP contribution in [0, 0.1) is 10.1 Å². The highest BCUT2D eigenvalue weighted by molar-refractivity contribution is 6.34. The van der Waals surface area contributed by atoms with Crippen LogP contribution in [-0.4, -0.2) is 43.0 Å². The Labute approximate surface area is 200 Å². The number of benzene rings is 3. The summed E-state index contributed by atoms with van der Waals surface area (Å²) in [6.45, 7) is 2.15. The minimum Gasteiger partial charge on any atom is -0.378 e. The highest BCUT2D eigenvalue weighted by Crippen LogP contribution is 2.28. The van der Waals surface area contributed by atoms with E-state index in [1.165, 1.54) is 12.1 Å². The number of halogens is 1. The molecule has 1 aliphatic heterocycles. The lowest BCUT2D eigenvalue weighted by Crippen LogP contribution is -2.37. The van der Waals surface area contributed by atoms with Crippen molar-refractivity contribution < 1.29 is 19.2 Å². The summed E-state index contributed by atoms with van der Waals surface area (Å²) in [7, 11) is 0. The average Bonchev–Trinajstić information content (AvgIpc) is 2.84. The van der Waals surface area contributed by atoms with Crippen molar-refractivity contribution in [2.75, 3.05) is 41.8 Å². The van der Waals surface area contributed by atoms with E-state index in [1.807, 2.05) is 4.90 Å². The molecule has 0 saturated carbocycles. The summed E-state index contributed by atoms with van der Waals surface area (Å²) < 4.78 is 5.37. The number of hydrogen-bond donors (Lipinski definition) is 2. The zero-order valence-electron chi connectivity index (χ0n) is 18.0. The number of nitro groups is 1. The first-order chi connectivity index (χ1) is 16.4. The van der Waals surface area contributed by atoms with Crippen molar-refractivity contribution in [3.05, 3.63) is 93.0 Å². The zero-order valence-corrected chi connectivity index (χ0v) is 18.7. The Morgan fingerprint density at radius 2 is 1.53 bits per heavy atom. The number of anilines is 3. The Hall–Kier alpha value is -3.95. The van der Waals surface area contributed by atoms with Gasteiger partial charge in [-0.15, -0.1) is 0 Å². The van der Waals surface area contributed by atoms with E-state index in [0.717, 1.165) is 0 Å². The molecule has 0 bridgehead atoms. The molecule has 4 rings (SSSR count). The Balaban J connectivity index is 1.56. The van der Waals surface area contributed by atoms with Crippen molar-refractivity contribution in [3.8, 4) is 0 Å². The number of carbonyl (C=O) groups excluding carboxylic acids is 2. The molecule has 3 aromatic rings. The Morgan fingerprint density at radius 3 is 2.18 bits per heavy atom. The predicted octanol–water partition coefficient (Wildman–Crippen LogP) is 4.59. The van der Waals surface area contributed by atoms with Gasteiger partial charge >= 0.3 is 0 Å². The number of amides is 2. The third-order valence-electron chi connectivity index (χ3n) is 5.28. The second-order valence-electron chi connectivity index (χ2n) is 7.53. The maximum Gasteiger partial charge on any atom is 0.270 e. The average molecular weight is 481 g/mol. The van der Waals surface area contributed by atoms with Crippen LogP contribution in [0.25, 0.3) is 0 Å². The molecule has 174 valence electrons. The molecule has 1 heterocycles. The molecular formula is C24H21ClN4O5. The van der Waals surface area contributed by atoms with Crippen LogP contribution < -0.4 is 15.5 Å². The van der Waals surface area contributed by atoms with Crippen LogP contribution in [0.2, 0.25) is 5.02 Å². The van der Waals surface area contributed by atoms with Crippen LogP contribution in [0.15, 0.2) is 66.7 Å². The fourth-order valence-corrected chi connectivity index (χ4v) is 3.84. The van der Waals surface area contributed by atoms with Crippen molar-refractivity contribution in [1.82, 2.24) is 0 Å². The Morgan fingerprint density at radius 1 is 0.882 bits per heavy atom. The van der Waals surface area contributed by atoms with Gasteiger partial charge in [-0.25, -0.2) is 0 Å². The minimum atomic E-state index is -0.537. The first kappa shape index (κ1) is 23.2. The van der Waals surface area contributed by atoms with Gasteiger partial charge in [0.05, 0.1) is 40.0 Å². The molecule has 34 heavy (non-hydrogen) atoms. The molecule has 1 aliphatic rings. The van der Waals surface area contributed by atoms with E-state index in [2.05, 4.69) is 10.6 Å². The normalized spacial score (nSPS) is 13.3. The highest BCUT2D eigenvalue weighted by atomic mass is 35.5. The quantitative estimate of drug-likeness (QED) is 0.394. The van der Waals surface area contributed by atoms with Gasteiger partial charge in [0.25, 0.3) is 17.5 Å². The first-order valence-corrected chi connectivity index (χ1v) is 10.9. The van der Waals surface area contributed by atoms with Gasteiger partial charge < -0.3 is 20.3 Å². The van der Waals surface area contributed by atoms with Crippen LogP contribution in [-0.2, 0) is 4.74 Å². The molecule has 0 atom stereocenters. The molecule has 10 heteroatoms. The summed E-state index contributed by atoms with van der Waals surface area (Å²) in [4.78, 5) is 38.4. The van der Waals surface area contributed by atoms with Gasteiger partial charge in [0.1, 0.15) is 0 Å². The smallest absolute Gasteiger partial charge is 0.270 e. The lowest BCUT2D eigenvalue weighted by atomic mass is 10.1. The van der Waals surface area contributed by atoms with Gasteiger partial charge in [-0.1, -0.05) is 29.8 Å². The summed E-state index contributed by atoms with van der Waals surface area (Å²) in [5, 5.41) is 17.2. The second-order valence-corrected chi connectivity index (χ2v) is 7.93. The summed E-state index contributed by atoms with van der Waals surface area (Å²) in [6.07, 6.45) is 0. The Bertz CT molecular complexity index is 1240. The lowest BCUT2D eigenvalue weighted by Gasteiger charge is -2.30. The molecule has 0 aromatic heterocycles. The van der Waals surface area contributed by atoms with E-state index in [1.54, 1.807) is 54.6 Å². The summed E-state index contributed by atoms with van der Waals surface area (Å²) in [5.74, 6) is -0.887. The van der Waals surface area contributed by atoms with E-state index in [9.17, 15) is 19.7 Å². The molecule has 0 unspecified atom stereocenters. The number of nitrogens with zero attached hydrogens (tertiary/aromatic N) is 2. The SMILES string of the molecule is O=C(Nc1cccc(NC(=O)c2cc([N+](=O)[O-])ccc2N2CCOCC2)c1)c1ccccc1Cl. The third-order valence-corrected chi connectivity index (χ3v) is 5.61. The fourth-order valence-electron chi connectivity index (χ4n) is 3.62. The fraction of sp³-hybridized carbons (Fsp3) is 0.167. The van der Waals surface area contributed by atoms with Crippen molar-refractivity contribution >= 4 is 46.2 Å². The van der Waals surface area contributed by atoms with E-state index in [-0.39, 0.29) is 17.2 Å². The highest BCUT2D eigenvalue weighted by Gasteiger charge is 2.22. The topological polar surface area (TPSA) is 114 Å². The number of non-ortho nitro benzene ring substituents is 1. The summed E-state index contributed by atoms with van der Waals surface area (Å²) >= 11 is 6.09. The Kier molecular flexibility index (Phi) is 7.05. The first-order valence-electron chi connectivity index (χ1n) is 10.5. The molecule has 9 nitrogen and oxygen atoms in total. The standard InChI is InChI=1S/C24H21ClN4O5/c25-21-7-2-1-6-19(21)23(30)26-16-4-3-5-17(14-16)27-24(31)20-15-18(29(32)33)8-9-22(20)28-10-12-34-13-11-28/h1-9,14-15H,10-13H2,(H,26,30)(H,27,31). The van der Waals surface area contributed by atoms with Gasteiger partial charge in [0.2, 0.25) is 0 Å². The van der Waals surface area contributed by atoms with E-state index >= 15 is 0 Å². The largest absolute Gasteiger partial charge is 0.378 e. The second kappa shape index (κ2) is 10.3. The maximum absolute atomic E-state index is 13.2. The van der Waals surface area contributed by atoms with Crippen LogP contribution in [0.5, 0.6) is 0 Å². The van der Waals surface area contributed by atoms with Gasteiger partial charge in [0.15, 0.2) is 0 Å². The number of nitrogens with one attached hydrogen (secondary N) is 2. The van der Waals surface area contributed by atoms with Crippen molar-refractivity contribution in [1.29, 1.82) is 0 Å². The molecule has 3 aromatic carbocycles. The monoisotopic (exact) mass is 480 g/mol. The third kappa shape index (κ3) is 5.33. The number of nitro benzene ring substituents is 1. The van der Waals surface area contributed by atoms with Gasteiger partial charge in [-0.2, -0.15) is 0 Å². The summed E-state index contributed by atoms with van der Waals surface area (Å²) in [6, 6.07) is 17.5. The van der Waals surface area contributed by atoms with Crippen LogP contribution in [0.1, 0.15) is 20.7 Å². The molecular weight excluding hydrogens is 460 g/mol. The van der Waals surface area contributed by atoms with E-state index in [4.69, 9.17) is 16.3 Å². The molecule has 2 N–H and O–H groups in total. The van der Waals surface area contributed by atoms with Crippen LogP contribution in [0.3, 0.4) is 0 Å². The summed E-state index contributed by atoms with van der Waals surface area (Å²) in [5.41, 5.74) is 1.79. The van der Waals surface area contributed by atoms with Gasteiger partial charge in [-0.3, -0.25) is 19.7 Å². The predicted molar refractivity (Wildman–Crippen MR) is 130 cm³/mol. The number of morpholine rings is 1. The number of ether oxygens (including phenoxy) is 1. The van der Waals surface area contributed by atoms with Crippen molar-refractivity contribution in [2.45, 2.75) is 0 Å². The lowest BCUT2D eigenvalue weighted by molar-refractivity contribution is -0.384. The van der Waals surface area contributed by atoms with Gasteiger partial charge in [-0.05, 0) is 36.4 Å². The van der Waals surface area contributed by atoms with Crippen LogP contribution >= 0.6 is 11.6 Å². The maximum atomic E-state index is 13.2. The minimum absolute atomic E-state index is 0.178. The molecule has 2 amide bonds. The molecule has 0 aliphatic carbocycles. The molecule has 1 fully saturated rings. The number of hydrogen-bond acceptors (Lipinski definition) is 6. The molecule has 1 saturated heterocycles. The van der Waals surface area contributed by atoms with E-state index < -0.39 is 10.8 Å². The number of rotatable bonds is 6. The number of carbonyl (C=O) groups is 2. The van der Waals surface area contributed by atoms with Crippen molar-refractivity contribution in [3.63, 3.8) is 0 Å². The van der Waals surface area contributed by atoms with Crippen molar-refractivity contribution in [2.24, 2.45) is 0 Å². The van der Waals surface area contributed by atoms with Gasteiger partial charge in [0, 0.05) is 36.6 Å². The molecule has 0 radical (unpaired) electrons. The van der Waals surface area contributed by atoms with Crippen LogP contribution in [0.4, 0.5) is 22.7 Å². The molecule has 0 spiro atoms.